The van der Waals surface area contributed by atoms with Gasteiger partial charge in [0.1, 0.15) is 0 Å². The van der Waals surface area contributed by atoms with Crippen LogP contribution in [0.1, 0.15) is 20.3 Å². The molecule has 0 aromatic rings. The van der Waals surface area contributed by atoms with Crippen LogP contribution >= 0.6 is 15.9 Å². The van der Waals surface area contributed by atoms with E-state index in [0.29, 0.717) is 11.8 Å². The van der Waals surface area contributed by atoms with Gasteiger partial charge in [-0.2, -0.15) is 0 Å². The minimum absolute atomic E-state index is 0.0334. The summed E-state index contributed by atoms with van der Waals surface area (Å²) < 4.78 is 0. The summed E-state index contributed by atoms with van der Waals surface area (Å²) in [6.07, 6.45) is 0.717. The highest BCUT2D eigenvalue weighted by Gasteiger charge is 2.26. The number of halogens is 1. The summed E-state index contributed by atoms with van der Waals surface area (Å²) in [6.45, 7) is 3.34. The minimum atomic E-state index is -0.480. The van der Waals surface area contributed by atoms with E-state index < -0.39 is 5.54 Å². The lowest BCUT2D eigenvalue weighted by atomic mass is 10.0. The first-order valence-corrected chi connectivity index (χ1v) is 4.68. The first-order valence-electron chi connectivity index (χ1n) is 3.56. The number of carbonyl (C=O) groups excluding carboxylic acids is 1. The molecule has 0 aliphatic heterocycles. The number of hydrogen-bond acceptors (Lipinski definition) is 2. The SMILES string of the molecule is CCC(CO)(CBr)NC(C)=O. The van der Waals surface area contributed by atoms with Gasteiger partial charge in [0.05, 0.1) is 12.1 Å². The van der Waals surface area contributed by atoms with Crippen LogP contribution in [-0.2, 0) is 4.79 Å². The van der Waals surface area contributed by atoms with Crippen molar-refractivity contribution in [3.05, 3.63) is 0 Å². The van der Waals surface area contributed by atoms with E-state index in [4.69, 9.17) is 5.11 Å². The third-order valence-corrected chi connectivity index (χ3v) is 2.75. The quantitative estimate of drug-likeness (QED) is 0.689. The molecule has 0 aliphatic carbocycles. The average molecular weight is 224 g/mol. The van der Waals surface area contributed by atoms with Crippen LogP contribution in [0, 0.1) is 0 Å². The Morgan fingerprint density at radius 2 is 2.27 bits per heavy atom. The molecule has 1 atom stereocenters. The lowest BCUT2D eigenvalue weighted by molar-refractivity contribution is -0.121. The van der Waals surface area contributed by atoms with Crippen LogP contribution in [0.4, 0.5) is 0 Å². The van der Waals surface area contributed by atoms with E-state index in [9.17, 15) is 4.79 Å². The van der Waals surface area contributed by atoms with Gasteiger partial charge in [-0.15, -0.1) is 0 Å². The Morgan fingerprint density at radius 3 is 2.36 bits per heavy atom. The van der Waals surface area contributed by atoms with Crippen molar-refractivity contribution in [3.8, 4) is 0 Å². The Labute approximate surface area is 75.3 Å². The summed E-state index contributed by atoms with van der Waals surface area (Å²) in [5.41, 5.74) is -0.480. The maximum absolute atomic E-state index is 10.7. The van der Waals surface area contributed by atoms with Crippen LogP contribution < -0.4 is 5.32 Å². The predicted octanol–water partition coefficient (Wildman–Crippen LogP) is 0.658. The minimum Gasteiger partial charge on any atom is -0.394 e. The lowest BCUT2D eigenvalue weighted by Gasteiger charge is -2.29. The van der Waals surface area contributed by atoms with Gasteiger partial charge in [0.15, 0.2) is 0 Å². The van der Waals surface area contributed by atoms with Crippen LogP contribution in [0.3, 0.4) is 0 Å². The molecular weight excluding hydrogens is 210 g/mol. The Kier molecular flexibility index (Phi) is 4.68. The monoisotopic (exact) mass is 223 g/mol. The molecule has 0 radical (unpaired) electrons. The predicted molar refractivity (Wildman–Crippen MR) is 47.7 cm³/mol. The molecule has 0 aliphatic rings. The molecule has 0 aromatic carbocycles. The van der Waals surface area contributed by atoms with Gasteiger partial charge in [0, 0.05) is 12.3 Å². The molecule has 3 nitrogen and oxygen atoms in total. The largest absolute Gasteiger partial charge is 0.394 e. The first-order chi connectivity index (χ1) is 5.10. The highest BCUT2D eigenvalue weighted by atomic mass is 79.9. The molecule has 1 unspecified atom stereocenters. The topological polar surface area (TPSA) is 49.3 Å². The molecule has 11 heavy (non-hydrogen) atoms. The number of amides is 1. The molecule has 1 amide bonds. The summed E-state index contributed by atoms with van der Waals surface area (Å²) in [7, 11) is 0. The van der Waals surface area contributed by atoms with Crippen molar-refractivity contribution in [2.75, 3.05) is 11.9 Å². The summed E-state index contributed by atoms with van der Waals surface area (Å²) in [6, 6.07) is 0. The molecule has 0 rings (SSSR count). The molecule has 0 spiro atoms. The number of alkyl halides is 1. The second kappa shape index (κ2) is 4.72. The second-order valence-corrected chi connectivity index (χ2v) is 3.17. The molecule has 66 valence electrons. The van der Waals surface area contributed by atoms with Crippen LogP contribution in [0.2, 0.25) is 0 Å². The summed E-state index contributed by atoms with van der Waals surface area (Å²) in [5.74, 6) is -0.111. The van der Waals surface area contributed by atoms with Gasteiger partial charge in [-0.25, -0.2) is 0 Å². The molecule has 0 fully saturated rings. The van der Waals surface area contributed by atoms with E-state index in [1.807, 2.05) is 6.92 Å². The molecule has 0 saturated heterocycles. The van der Waals surface area contributed by atoms with Crippen LogP contribution in [0.15, 0.2) is 0 Å². The summed E-state index contributed by atoms with van der Waals surface area (Å²) in [5, 5.41) is 12.3. The van der Waals surface area contributed by atoms with Gasteiger partial charge < -0.3 is 10.4 Å². The van der Waals surface area contributed by atoms with E-state index in [2.05, 4.69) is 21.2 Å². The van der Waals surface area contributed by atoms with Crippen molar-refractivity contribution < 1.29 is 9.90 Å². The van der Waals surface area contributed by atoms with E-state index in [1.165, 1.54) is 6.92 Å². The number of nitrogens with one attached hydrogen (secondary N) is 1. The van der Waals surface area contributed by atoms with Crippen molar-refractivity contribution in [1.29, 1.82) is 0 Å². The summed E-state index contributed by atoms with van der Waals surface area (Å²) >= 11 is 3.25. The standard InChI is InChI=1S/C7H14BrNO2/c1-3-7(4-8,5-10)9-6(2)11/h10H,3-5H2,1-2H3,(H,9,11). The van der Waals surface area contributed by atoms with Crippen molar-refractivity contribution in [1.82, 2.24) is 5.32 Å². The Balaban J connectivity index is 4.16. The zero-order valence-electron chi connectivity index (χ0n) is 6.85. The maximum atomic E-state index is 10.7. The molecule has 4 heteroatoms. The maximum Gasteiger partial charge on any atom is 0.217 e. The number of aliphatic hydroxyl groups excluding tert-OH is 1. The van der Waals surface area contributed by atoms with Crippen molar-refractivity contribution in [3.63, 3.8) is 0 Å². The molecular formula is C7H14BrNO2. The van der Waals surface area contributed by atoms with Gasteiger partial charge in [-0.05, 0) is 6.42 Å². The molecule has 0 saturated carbocycles. The lowest BCUT2D eigenvalue weighted by Crippen LogP contribution is -2.51. The average Bonchev–Trinajstić information content (AvgIpc) is 2.00. The molecule has 0 heterocycles. The van der Waals surface area contributed by atoms with Crippen LogP contribution in [0.25, 0.3) is 0 Å². The third kappa shape index (κ3) is 3.20. The van der Waals surface area contributed by atoms with Crippen molar-refractivity contribution in [2.45, 2.75) is 25.8 Å². The smallest absolute Gasteiger partial charge is 0.217 e. The zero-order valence-corrected chi connectivity index (χ0v) is 8.44. The molecule has 2 N–H and O–H groups in total. The van der Waals surface area contributed by atoms with E-state index in [1.54, 1.807) is 0 Å². The first kappa shape index (κ1) is 10.9. The Hall–Kier alpha value is -0.0900. The summed E-state index contributed by atoms with van der Waals surface area (Å²) in [4.78, 5) is 10.7. The fourth-order valence-corrected chi connectivity index (χ4v) is 1.50. The second-order valence-electron chi connectivity index (χ2n) is 2.61. The van der Waals surface area contributed by atoms with E-state index in [0.717, 1.165) is 0 Å². The van der Waals surface area contributed by atoms with Crippen molar-refractivity contribution in [2.24, 2.45) is 0 Å². The number of carbonyl (C=O) groups is 1. The molecule has 0 aromatic heterocycles. The van der Waals surface area contributed by atoms with Gasteiger partial charge >= 0.3 is 0 Å². The Morgan fingerprint density at radius 1 is 1.73 bits per heavy atom. The van der Waals surface area contributed by atoms with Gasteiger partial charge in [0.2, 0.25) is 5.91 Å². The normalized spacial score (nSPS) is 15.6. The Bertz CT molecular complexity index is 126. The van der Waals surface area contributed by atoms with Gasteiger partial charge in [-0.3, -0.25) is 4.79 Å². The highest BCUT2D eigenvalue weighted by molar-refractivity contribution is 9.09. The van der Waals surface area contributed by atoms with E-state index >= 15 is 0 Å². The number of hydrogen-bond donors (Lipinski definition) is 2. The van der Waals surface area contributed by atoms with Gasteiger partial charge in [-0.1, -0.05) is 22.9 Å². The third-order valence-electron chi connectivity index (χ3n) is 1.68. The van der Waals surface area contributed by atoms with E-state index in [-0.39, 0.29) is 12.5 Å². The molecule has 0 bridgehead atoms. The number of rotatable bonds is 4. The van der Waals surface area contributed by atoms with Crippen LogP contribution in [0.5, 0.6) is 0 Å². The van der Waals surface area contributed by atoms with Crippen molar-refractivity contribution >= 4 is 21.8 Å². The highest BCUT2D eigenvalue weighted by Crippen LogP contribution is 2.12. The van der Waals surface area contributed by atoms with Crippen LogP contribution in [-0.4, -0.2) is 28.5 Å². The number of aliphatic hydroxyl groups is 1. The zero-order chi connectivity index (χ0) is 8.91. The van der Waals surface area contributed by atoms with Gasteiger partial charge in [0.25, 0.3) is 0 Å². The fraction of sp³-hybridized carbons (Fsp3) is 0.857. The fourth-order valence-electron chi connectivity index (χ4n) is 0.783.